The Hall–Kier alpha value is -1.75. The van der Waals surface area contributed by atoms with Crippen LogP contribution in [0.15, 0.2) is 24.3 Å². The minimum atomic E-state index is 0.00433. The van der Waals surface area contributed by atoms with Crippen LogP contribution in [-0.2, 0) is 0 Å². The van der Waals surface area contributed by atoms with E-state index in [0.717, 1.165) is 43.7 Å². The number of amides is 2. The molecule has 2 aliphatic rings. The molecule has 1 aliphatic heterocycles. The summed E-state index contributed by atoms with van der Waals surface area (Å²) in [6, 6.07) is 8.31. The molecule has 0 radical (unpaired) electrons. The third kappa shape index (κ3) is 5.11. The van der Waals surface area contributed by atoms with E-state index in [1.165, 1.54) is 38.5 Å². The van der Waals surface area contributed by atoms with Gasteiger partial charge in [0, 0.05) is 37.9 Å². The van der Waals surface area contributed by atoms with Crippen molar-refractivity contribution in [2.45, 2.75) is 51.5 Å². The van der Waals surface area contributed by atoms with Crippen molar-refractivity contribution >= 4 is 11.7 Å². The molecule has 0 unspecified atom stereocenters. The molecule has 0 spiro atoms. The number of rotatable bonds is 4. The van der Waals surface area contributed by atoms with E-state index in [1.54, 1.807) is 0 Å². The van der Waals surface area contributed by atoms with Crippen LogP contribution < -0.4 is 10.1 Å². The van der Waals surface area contributed by atoms with Crippen molar-refractivity contribution in [2.75, 3.05) is 38.1 Å². The van der Waals surface area contributed by atoms with Crippen molar-refractivity contribution in [3.63, 3.8) is 0 Å². The van der Waals surface area contributed by atoms with Crippen LogP contribution in [0, 0.1) is 0 Å². The summed E-state index contributed by atoms with van der Waals surface area (Å²) in [5, 5.41) is 3.00. The van der Waals surface area contributed by atoms with Crippen molar-refractivity contribution in [1.29, 1.82) is 0 Å². The number of carbonyl (C=O) groups excluding carboxylic acids is 1. The van der Waals surface area contributed by atoms with Gasteiger partial charge in [0.1, 0.15) is 5.75 Å². The highest BCUT2D eigenvalue weighted by Gasteiger charge is 2.26. The summed E-state index contributed by atoms with van der Waals surface area (Å²) in [7, 11) is 0. The molecule has 3 rings (SSSR count). The molecule has 1 heterocycles. The third-order valence-electron chi connectivity index (χ3n) is 5.36. The van der Waals surface area contributed by atoms with Gasteiger partial charge >= 0.3 is 6.03 Å². The van der Waals surface area contributed by atoms with Crippen LogP contribution in [0.3, 0.4) is 0 Å². The maximum absolute atomic E-state index is 12.5. The second-order valence-corrected chi connectivity index (χ2v) is 7.06. The lowest BCUT2D eigenvalue weighted by molar-refractivity contribution is 0.105. The number of nitrogens with zero attached hydrogens (tertiary/aromatic N) is 2. The van der Waals surface area contributed by atoms with Crippen LogP contribution in [0.25, 0.3) is 0 Å². The van der Waals surface area contributed by atoms with E-state index in [2.05, 4.69) is 10.2 Å². The Kier molecular flexibility index (Phi) is 6.56. The molecule has 0 aromatic heterocycles. The van der Waals surface area contributed by atoms with Crippen LogP contribution >= 0.6 is 0 Å². The summed E-state index contributed by atoms with van der Waals surface area (Å²) in [6.07, 6.45) is 8.17. The molecule has 5 nitrogen and oxygen atoms in total. The number of nitrogens with one attached hydrogen (secondary N) is 1. The lowest BCUT2D eigenvalue weighted by atomic mass is 10.1. The molecule has 1 aromatic rings. The van der Waals surface area contributed by atoms with Crippen LogP contribution in [0.1, 0.15) is 45.4 Å². The summed E-state index contributed by atoms with van der Waals surface area (Å²) in [5.41, 5.74) is 0.819. The minimum Gasteiger partial charge on any atom is -0.494 e. The van der Waals surface area contributed by atoms with Gasteiger partial charge in [0.05, 0.1) is 6.61 Å². The highest BCUT2D eigenvalue weighted by Crippen LogP contribution is 2.23. The van der Waals surface area contributed by atoms with E-state index < -0.39 is 0 Å². The van der Waals surface area contributed by atoms with Crippen LogP contribution in [0.4, 0.5) is 10.5 Å². The molecule has 2 amide bonds. The smallest absolute Gasteiger partial charge is 0.321 e. The summed E-state index contributed by atoms with van der Waals surface area (Å²) >= 11 is 0. The zero-order valence-electron chi connectivity index (χ0n) is 15.4. The lowest BCUT2D eigenvalue weighted by Gasteiger charge is -2.39. The van der Waals surface area contributed by atoms with E-state index in [4.69, 9.17) is 4.74 Å². The molecule has 0 bridgehead atoms. The molecule has 1 saturated carbocycles. The Balaban J connectivity index is 1.46. The zero-order chi connectivity index (χ0) is 17.5. The summed E-state index contributed by atoms with van der Waals surface area (Å²) in [4.78, 5) is 17.0. The van der Waals surface area contributed by atoms with Gasteiger partial charge in [0.2, 0.25) is 0 Å². The highest BCUT2D eigenvalue weighted by atomic mass is 16.5. The Morgan fingerprint density at radius 3 is 2.28 bits per heavy atom. The highest BCUT2D eigenvalue weighted by molar-refractivity contribution is 5.89. The largest absolute Gasteiger partial charge is 0.494 e. The minimum absolute atomic E-state index is 0.00433. The number of urea groups is 1. The Morgan fingerprint density at radius 2 is 1.68 bits per heavy atom. The van der Waals surface area contributed by atoms with Gasteiger partial charge in [0.15, 0.2) is 0 Å². The molecular formula is C20H31N3O2. The van der Waals surface area contributed by atoms with Crippen LogP contribution in [0.2, 0.25) is 0 Å². The summed E-state index contributed by atoms with van der Waals surface area (Å²) in [6.45, 7) is 6.25. The molecule has 1 saturated heterocycles. The maximum Gasteiger partial charge on any atom is 0.321 e. The molecular weight excluding hydrogens is 314 g/mol. The average molecular weight is 345 g/mol. The topological polar surface area (TPSA) is 44.8 Å². The van der Waals surface area contributed by atoms with E-state index in [9.17, 15) is 4.79 Å². The zero-order valence-corrected chi connectivity index (χ0v) is 15.4. The Bertz CT molecular complexity index is 530. The number of benzene rings is 1. The van der Waals surface area contributed by atoms with Gasteiger partial charge in [-0.3, -0.25) is 4.90 Å². The van der Waals surface area contributed by atoms with Gasteiger partial charge in [-0.15, -0.1) is 0 Å². The molecule has 1 aliphatic carbocycles. The van der Waals surface area contributed by atoms with Crippen molar-refractivity contribution in [3.8, 4) is 5.75 Å². The number of carbonyl (C=O) groups is 1. The number of hydrogen-bond donors (Lipinski definition) is 1. The van der Waals surface area contributed by atoms with Gasteiger partial charge in [-0.05, 0) is 44.0 Å². The molecule has 1 N–H and O–H groups in total. The van der Waals surface area contributed by atoms with Gasteiger partial charge < -0.3 is 15.0 Å². The first-order valence-electron chi connectivity index (χ1n) is 9.79. The SMILES string of the molecule is CCOc1ccc(NC(=O)N2CCN(C3CCCCCC3)CC2)cc1. The van der Waals surface area contributed by atoms with Gasteiger partial charge in [0.25, 0.3) is 0 Å². The second-order valence-electron chi connectivity index (χ2n) is 7.06. The predicted octanol–water partition coefficient (Wildman–Crippen LogP) is 3.96. The number of ether oxygens (including phenoxy) is 1. The fourth-order valence-electron chi connectivity index (χ4n) is 3.92. The van der Waals surface area contributed by atoms with Crippen molar-refractivity contribution < 1.29 is 9.53 Å². The van der Waals surface area contributed by atoms with Crippen molar-refractivity contribution in [2.24, 2.45) is 0 Å². The van der Waals surface area contributed by atoms with Crippen molar-refractivity contribution in [1.82, 2.24) is 9.80 Å². The average Bonchev–Trinajstić information content (AvgIpc) is 2.93. The van der Waals surface area contributed by atoms with Crippen LogP contribution in [0.5, 0.6) is 5.75 Å². The monoisotopic (exact) mass is 345 g/mol. The quantitative estimate of drug-likeness (QED) is 0.840. The molecule has 2 fully saturated rings. The van der Waals surface area contributed by atoms with Crippen molar-refractivity contribution in [3.05, 3.63) is 24.3 Å². The Morgan fingerprint density at radius 1 is 1.04 bits per heavy atom. The van der Waals surface area contributed by atoms with Gasteiger partial charge in [-0.2, -0.15) is 0 Å². The fraction of sp³-hybridized carbons (Fsp3) is 0.650. The number of hydrogen-bond acceptors (Lipinski definition) is 3. The number of piperazine rings is 1. The van der Waals surface area contributed by atoms with Gasteiger partial charge in [-0.25, -0.2) is 4.79 Å². The molecule has 138 valence electrons. The van der Waals surface area contributed by atoms with E-state index in [0.29, 0.717) is 6.61 Å². The third-order valence-corrected chi connectivity index (χ3v) is 5.36. The normalized spacial score (nSPS) is 20.1. The van der Waals surface area contributed by atoms with Gasteiger partial charge in [-0.1, -0.05) is 25.7 Å². The fourth-order valence-corrected chi connectivity index (χ4v) is 3.92. The predicted molar refractivity (Wildman–Crippen MR) is 101 cm³/mol. The summed E-state index contributed by atoms with van der Waals surface area (Å²) < 4.78 is 5.43. The number of anilines is 1. The lowest BCUT2D eigenvalue weighted by Crippen LogP contribution is -2.52. The Labute approximate surface area is 151 Å². The first-order valence-corrected chi connectivity index (χ1v) is 9.79. The first kappa shape index (κ1) is 18.1. The molecule has 5 heteroatoms. The van der Waals surface area contributed by atoms with E-state index >= 15 is 0 Å². The standard InChI is InChI=1S/C20H31N3O2/c1-2-25-19-11-9-17(10-12-19)21-20(24)23-15-13-22(14-16-23)18-7-5-3-4-6-8-18/h9-12,18H,2-8,13-16H2,1H3,(H,21,24). The second kappa shape index (κ2) is 9.09. The first-order chi connectivity index (χ1) is 12.3. The molecule has 1 aromatic carbocycles. The van der Waals surface area contributed by atoms with E-state index in [-0.39, 0.29) is 6.03 Å². The molecule has 25 heavy (non-hydrogen) atoms. The summed E-state index contributed by atoms with van der Waals surface area (Å²) in [5.74, 6) is 0.831. The molecule has 0 atom stereocenters. The van der Waals surface area contributed by atoms with Crippen LogP contribution in [-0.4, -0.2) is 54.7 Å². The maximum atomic E-state index is 12.5. The van der Waals surface area contributed by atoms with E-state index in [1.807, 2.05) is 36.1 Å².